The van der Waals surface area contributed by atoms with Gasteiger partial charge in [-0.05, 0) is 31.7 Å². The third-order valence-corrected chi connectivity index (χ3v) is 3.74. The Morgan fingerprint density at radius 2 is 2.15 bits per heavy atom. The van der Waals surface area contributed by atoms with Crippen LogP contribution in [0.5, 0.6) is 0 Å². The summed E-state index contributed by atoms with van der Waals surface area (Å²) in [6.07, 6.45) is 3.09. The number of nitrogens with one attached hydrogen (secondary N) is 1. The highest BCUT2D eigenvalue weighted by Gasteiger charge is 2.23. The number of rotatable bonds is 1. The molecule has 0 unspecified atom stereocenters. The third kappa shape index (κ3) is 2.05. The van der Waals surface area contributed by atoms with Crippen molar-refractivity contribution in [1.82, 2.24) is 9.78 Å². The molecule has 104 valence electrons. The zero-order valence-corrected chi connectivity index (χ0v) is 11.5. The molecule has 3 N–H and O–H groups in total. The van der Waals surface area contributed by atoms with E-state index in [4.69, 9.17) is 5.73 Å². The fourth-order valence-electron chi connectivity index (χ4n) is 2.72. The second kappa shape index (κ2) is 5.00. The number of nitrogens with zero attached hydrogens (tertiary/aromatic N) is 2. The van der Waals surface area contributed by atoms with Crippen molar-refractivity contribution in [3.63, 3.8) is 0 Å². The van der Waals surface area contributed by atoms with Gasteiger partial charge in [0.05, 0.1) is 5.69 Å². The minimum absolute atomic E-state index is 0.546. The summed E-state index contributed by atoms with van der Waals surface area (Å²) in [5.74, 6) is 0.758. The monoisotopic (exact) mass is 270 g/mol. The van der Waals surface area contributed by atoms with Crippen LogP contribution in [0, 0.1) is 6.92 Å². The van der Waals surface area contributed by atoms with E-state index in [0.717, 1.165) is 54.0 Å². The van der Waals surface area contributed by atoms with Crippen molar-refractivity contribution in [3.05, 3.63) is 35.4 Å². The fourth-order valence-corrected chi connectivity index (χ4v) is 2.72. The fraction of sp³-hybridized carbons (Fsp3) is 0.333. The molecule has 0 saturated heterocycles. The maximum Gasteiger partial charge on any atom is 0.341 e. The molecule has 2 heterocycles. The Morgan fingerprint density at radius 3 is 2.90 bits per heavy atom. The highest BCUT2D eigenvalue weighted by Crippen LogP contribution is 2.33. The SMILES string of the molecule is Cc1ccccc1-c1nn(C(N)=O)c2c1CCCCN2. The third-order valence-electron chi connectivity index (χ3n) is 3.74. The van der Waals surface area contributed by atoms with Crippen LogP contribution >= 0.6 is 0 Å². The van der Waals surface area contributed by atoms with Crippen molar-refractivity contribution < 1.29 is 4.79 Å². The lowest BCUT2D eigenvalue weighted by Gasteiger charge is -2.05. The van der Waals surface area contributed by atoms with Gasteiger partial charge in [0, 0.05) is 17.7 Å². The number of primary amides is 1. The number of hydrogen-bond acceptors (Lipinski definition) is 3. The number of aryl methyl sites for hydroxylation is 1. The quantitative estimate of drug-likeness (QED) is 0.836. The molecule has 1 aromatic heterocycles. The van der Waals surface area contributed by atoms with Crippen LogP contribution in [0.4, 0.5) is 10.6 Å². The number of nitrogens with two attached hydrogens (primary N) is 1. The first-order chi connectivity index (χ1) is 9.68. The van der Waals surface area contributed by atoms with Gasteiger partial charge in [0.15, 0.2) is 0 Å². The number of fused-ring (bicyclic) bond motifs is 1. The zero-order chi connectivity index (χ0) is 14.1. The van der Waals surface area contributed by atoms with E-state index in [9.17, 15) is 4.79 Å². The molecule has 2 aromatic rings. The molecule has 1 aromatic carbocycles. The van der Waals surface area contributed by atoms with E-state index in [-0.39, 0.29) is 0 Å². The molecular formula is C15H18N4O. The normalized spacial score (nSPS) is 14.2. The van der Waals surface area contributed by atoms with Gasteiger partial charge in [-0.15, -0.1) is 0 Å². The smallest absolute Gasteiger partial charge is 0.341 e. The summed E-state index contributed by atoms with van der Waals surface area (Å²) in [5.41, 5.74) is 9.61. The molecule has 0 atom stereocenters. The molecule has 20 heavy (non-hydrogen) atoms. The molecule has 0 aliphatic carbocycles. The Morgan fingerprint density at radius 1 is 1.35 bits per heavy atom. The average Bonchev–Trinajstić information content (AvgIpc) is 2.63. The van der Waals surface area contributed by atoms with Crippen LogP contribution < -0.4 is 11.1 Å². The summed E-state index contributed by atoms with van der Waals surface area (Å²) >= 11 is 0. The number of amides is 1. The van der Waals surface area contributed by atoms with Crippen LogP contribution in [0.2, 0.25) is 0 Å². The second-order valence-electron chi connectivity index (χ2n) is 5.12. The van der Waals surface area contributed by atoms with Gasteiger partial charge in [0.1, 0.15) is 5.82 Å². The molecule has 0 saturated carbocycles. The molecule has 1 amide bonds. The summed E-state index contributed by atoms with van der Waals surface area (Å²) in [6.45, 7) is 2.90. The van der Waals surface area contributed by atoms with E-state index in [1.165, 1.54) is 4.68 Å². The largest absolute Gasteiger partial charge is 0.370 e. The molecule has 0 radical (unpaired) electrons. The standard InChI is InChI=1S/C15H18N4O/c1-10-6-2-3-7-11(10)13-12-8-4-5-9-17-14(12)19(18-13)15(16)20/h2-3,6-7,17H,4-5,8-9H2,1H3,(H2,16,20). The Labute approximate surface area is 117 Å². The van der Waals surface area contributed by atoms with E-state index in [1.54, 1.807) is 0 Å². The summed E-state index contributed by atoms with van der Waals surface area (Å²) < 4.78 is 1.29. The van der Waals surface area contributed by atoms with Gasteiger partial charge in [0.25, 0.3) is 0 Å². The maximum absolute atomic E-state index is 11.6. The van der Waals surface area contributed by atoms with Crippen LogP contribution in [0.25, 0.3) is 11.3 Å². The second-order valence-corrected chi connectivity index (χ2v) is 5.12. The maximum atomic E-state index is 11.6. The number of hydrogen-bond donors (Lipinski definition) is 2. The summed E-state index contributed by atoms with van der Waals surface area (Å²) in [7, 11) is 0. The minimum atomic E-state index is -0.546. The number of carbonyl (C=O) groups is 1. The van der Waals surface area contributed by atoms with Gasteiger partial charge in [-0.1, -0.05) is 24.3 Å². The van der Waals surface area contributed by atoms with Crippen molar-refractivity contribution in [2.45, 2.75) is 26.2 Å². The Hall–Kier alpha value is -2.30. The number of carbonyl (C=O) groups excluding carboxylic acids is 1. The number of anilines is 1. The summed E-state index contributed by atoms with van der Waals surface area (Å²) in [5, 5.41) is 7.73. The van der Waals surface area contributed by atoms with E-state index in [0.29, 0.717) is 0 Å². The molecular weight excluding hydrogens is 252 g/mol. The Balaban J connectivity index is 2.21. The van der Waals surface area contributed by atoms with Gasteiger partial charge in [-0.3, -0.25) is 0 Å². The van der Waals surface area contributed by atoms with E-state index >= 15 is 0 Å². The first kappa shape index (κ1) is 12.7. The lowest BCUT2D eigenvalue weighted by molar-refractivity contribution is 0.248. The molecule has 1 aliphatic heterocycles. The predicted molar refractivity (Wildman–Crippen MR) is 78.8 cm³/mol. The van der Waals surface area contributed by atoms with Gasteiger partial charge in [-0.25, -0.2) is 4.79 Å². The van der Waals surface area contributed by atoms with E-state index < -0.39 is 6.03 Å². The van der Waals surface area contributed by atoms with Gasteiger partial charge < -0.3 is 11.1 Å². The van der Waals surface area contributed by atoms with Crippen molar-refractivity contribution in [2.75, 3.05) is 11.9 Å². The average molecular weight is 270 g/mol. The Bertz CT molecular complexity index is 660. The minimum Gasteiger partial charge on any atom is -0.370 e. The van der Waals surface area contributed by atoms with Crippen molar-refractivity contribution >= 4 is 11.8 Å². The van der Waals surface area contributed by atoms with Crippen LogP contribution in [0.1, 0.15) is 24.0 Å². The van der Waals surface area contributed by atoms with Gasteiger partial charge >= 0.3 is 6.03 Å². The molecule has 0 fully saturated rings. The predicted octanol–water partition coefficient (Wildman–Crippen LogP) is 2.53. The van der Waals surface area contributed by atoms with Gasteiger partial charge in [0.2, 0.25) is 0 Å². The lowest BCUT2D eigenvalue weighted by Crippen LogP contribution is -2.23. The number of aromatic nitrogens is 2. The molecule has 5 nitrogen and oxygen atoms in total. The first-order valence-electron chi connectivity index (χ1n) is 6.90. The van der Waals surface area contributed by atoms with Crippen LogP contribution in [-0.2, 0) is 6.42 Å². The van der Waals surface area contributed by atoms with E-state index in [2.05, 4.69) is 23.4 Å². The van der Waals surface area contributed by atoms with E-state index in [1.807, 2.05) is 18.2 Å². The van der Waals surface area contributed by atoms with Crippen LogP contribution in [-0.4, -0.2) is 22.4 Å². The van der Waals surface area contributed by atoms with Gasteiger partial charge in [-0.2, -0.15) is 9.78 Å². The molecule has 1 aliphatic rings. The Kier molecular flexibility index (Phi) is 3.18. The van der Waals surface area contributed by atoms with Crippen molar-refractivity contribution in [2.24, 2.45) is 5.73 Å². The zero-order valence-electron chi connectivity index (χ0n) is 11.5. The first-order valence-corrected chi connectivity index (χ1v) is 6.90. The summed E-state index contributed by atoms with van der Waals surface area (Å²) in [4.78, 5) is 11.6. The number of benzene rings is 1. The van der Waals surface area contributed by atoms with Crippen molar-refractivity contribution in [1.29, 1.82) is 0 Å². The highest BCUT2D eigenvalue weighted by atomic mass is 16.2. The molecule has 5 heteroatoms. The molecule has 3 rings (SSSR count). The highest BCUT2D eigenvalue weighted by molar-refractivity contribution is 5.83. The molecule has 0 bridgehead atoms. The van der Waals surface area contributed by atoms with Crippen LogP contribution in [0.15, 0.2) is 24.3 Å². The summed E-state index contributed by atoms with van der Waals surface area (Å²) in [6, 6.07) is 7.53. The van der Waals surface area contributed by atoms with Crippen LogP contribution in [0.3, 0.4) is 0 Å². The molecule has 0 spiro atoms. The van der Waals surface area contributed by atoms with Crippen molar-refractivity contribution in [3.8, 4) is 11.3 Å². The lowest BCUT2D eigenvalue weighted by atomic mass is 10.00. The topological polar surface area (TPSA) is 72.9 Å².